The minimum Gasteiger partial charge on any atom is -0.459 e. The van der Waals surface area contributed by atoms with Crippen molar-refractivity contribution in [3.05, 3.63) is 24.1 Å². The van der Waals surface area contributed by atoms with Crippen LogP contribution in [0.25, 0.3) is 11.7 Å². The van der Waals surface area contributed by atoms with Gasteiger partial charge < -0.3 is 18.5 Å². The molecule has 0 spiro atoms. The predicted octanol–water partition coefficient (Wildman–Crippen LogP) is 2.42. The van der Waals surface area contributed by atoms with Gasteiger partial charge in [-0.2, -0.15) is 10.2 Å². The van der Waals surface area contributed by atoms with Crippen molar-refractivity contribution in [2.24, 2.45) is 0 Å². The van der Waals surface area contributed by atoms with Gasteiger partial charge in [-0.15, -0.1) is 0 Å². The van der Waals surface area contributed by atoms with Crippen LogP contribution in [-0.2, 0) is 4.74 Å². The monoisotopic (exact) mass is 273 g/mol. The molecule has 1 fully saturated rings. The van der Waals surface area contributed by atoms with Crippen LogP contribution in [0, 0.1) is 11.3 Å². The Kier molecular flexibility index (Phi) is 3.20. The smallest absolute Gasteiger partial charge is 0.266 e. The Hall–Kier alpha value is -2.26. The van der Waals surface area contributed by atoms with E-state index in [0.29, 0.717) is 30.6 Å². The van der Waals surface area contributed by atoms with Crippen molar-refractivity contribution in [3.8, 4) is 17.7 Å². The van der Waals surface area contributed by atoms with E-state index in [-0.39, 0.29) is 17.9 Å². The molecule has 1 aliphatic rings. The van der Waals surface area contributed by atoms with Gasteiger partial charge in [0.25, 0.3) is 5.89 Å². The van der Waals surface area contributed by atoms with Crippen LogP contribution in [0.3, 0.4) is 0 Å². The van der Waals surface area contributed by atoms with Gasteiger partial charge in [0.2, 0.25) is 11.6 Å². The lowest BCUT2D eigenvalue weighted by molar-refractivity contribution is -0.00639. The van der Waals surface area contributed by atoms with E-state index in [1.54, 1.807) is 18.4 Å². The summed E-state index contributed by atoms with van der Waals surface area (Å²) in [6.45, 7) is 5.34. The van der Waals surface area contributed by atoms with Gasteiger partial charge in [-0.25, -0.2) is 0 Å². The van der Waals surface area contributed by atoms with Crippen molar-refractivity contribution in [1.82, 2.24) is 4.98 Å². The zero-order valence-electron chi connectivity index (χ0n) is 11.4. The maximum absolute atomic E-state index is 9.23. The third kappa shape index (κ3) is 2.28. The second kappa shape index (κ2) is 5.02. The van der Waals surface area contributed by atoms with Crippen LogP contribution in [0.2, 0.25) is 0 Å². The molecule has 3 heterocycles. The normalized spacial score (nSPS) is 22.8. The molecule has 2 aromatic heterocycles. The van der Waals surface area contributed by atoms with Crippen molar-refractivity contribution in [2.45, 2.75) is 26.1 Å². The summed E-state index contributed by atoms with van der Waals surface area (Å²) in [7, 11) is 0. The summed E-state index contributed by atoms with van der Waals surface area (Å²) in [5.74, 6) is 1.33. The fourth-order valence-electron chi connectivity index (χ4n) is 2.45. The lowest BCUT2D eigenvalue weighted by Crippen LogP contribution is -2.45. The van der Waals surface area contributed by atoms with Crippen LogP contribution < -0.4 is 4.90 Å². The molecule has 20 heavy (non-hydrogen) atoms. The van der Waals surface area contributed by atoms with Crippen molar-refractivity contribution < 1.29 is 13.6 Å². The Morgan fingerprint density at radius 2 is 2.10 bits per heavy atom. The Labute approximate surface area is 116 Å². The molecule has 3 rings (SSSR count). The second-order valence-electron chi connectivity index (χ2n) is 4.92. The van der Waals surface area contributed by atoms with E-state index in [4.69, 9.17) is 13.6 Å². The predicted molar refractivity (Wildman–Crippen MR) is 71.1 cm³/mol. The fourth-order valence-corrected chi connectivity index (χ4v) is 2.45. The molecule has 1 saturated heterocycles. The summed E-state index contributed by atoms with van der Waals surface area (Å²) in [5.41, 5.74) is 0.276. The molecule has 104 valence electrons. The van der Waals surface area contributed by atoms with Gasteiger partial charge in [0.15, 0.2) is 5.76 Å². The average molecular weight is 273 g/mol. The topological polar surface area (TPSA) is 75.4 Å². The van der Waals surface area contributed by atoms with E-state index in [9.17, 15) is 5.26 Å². The Bertz CT molecular complexity index is 617. The van der Waals surface area contributed by atoms with E-state index in [1.807, 2.05) is 18.7 Å². The highest BCUT2D eigenvalue weighted by Crippen LogP contribution is 2.30. The molecular formula is C14H15N3O3. The highest BCUT2D eigenvalue weighted by Gasteiger charge is 2.28. The highest BCUT2D eigenvalue weighted by molar-refractivity contribution is 5.55. The molecule has 0 saturated carbocycles. The van der Waals surface area contributed by atoms with Crippen LogP contribution in [0.4, 0.5) is 5.88 Å². The van der Waals surface area contributed by atoms with E-state index in [1.165, 1.54) is 0 Å². The van der Waals surface area contributed by atoms with E-state index in [0.717, 1.165) is 0 Å². The van der Waals surface area contributed by atoms with Crippen LogP contribution in [0.15, 0.2) is 27.2 Å². The number of morpholine rings is 1. The summed E-state index contributed by atoms with van der Waals surface area (Å²) in [6.07, 6.45) is 1.72. The van der Waals surface area contributed by atoms with Crippen molar-refractivity contribution in [3.63, 3.8) is 0 Å². The first-order valence-electron chi connectivity index (χ1n) is 6.52. The maximum Gasteiger partial charge on any atom is 0.266 e. The van der Waals surface area contributed by atoms with Crippen LogP contribution >= 0.6 is 0 Å². The molecule has 0 radical (unpaired) electrons. The fraction of sp³-hybridized carbons (Fsp3) is 0.429. The molecule has 1 aliphatic heterocycles. The number of rotatable bonds is 2. The van der Waals surface area contributed by atoms with Gasteiger partial charge in [-0.1, -0.05) is 0 Å². The lowest BCUT2D eigenvalue weighted by atomic mass is 10.2. The second-order valence-corrected chi connectivity index (χ2v) is 4.92. The van der Waals surface area contributed by atoms with E-state index >= 15 is 0 Å². The maximum atomic E-state index is 9.23. The largest absolute Gasteiger partial charge is 0.459 e. The number of hydrogen-bond acceptors (Lipinski definition) is 6. The quantitative estimate of drug-likeness (QED) is 0.836. The molecule has 6 nitrogen and oxygen atoms in total. The SMILES string of the molecule is C[C@@H]1CN(c2oc(-c3ccco3)nc2C#N)C[C@@H](C)O1. The Balaban J connectivity index is 1.95. The zero-order valence-corrected chi connectivity index (χ0v) is 11.4. The minimum atomic E-state index is 0.0856. The van der Waals surface area contributed by atoms with Crippen molar-refractivity contribution in [2.75, 3.05) is 18.0 Å². The summed E-state index contributed by atoms with van der Waals surface area (Å²) < 4.78 is 16.7. The van der Waals surface area contributed by atoms with Gasteiger partial charge in [0.05, 0.1) is 18.5 Å². The standard InChI is InChI=1S/C14H15N3O3/c1-9-7-17(8-10(2)19-9)14-11(6-15)16-13(20-14)12-4-3-5-18-12/h3-5,9-10H,7-8H2,1-2H3/t9-,10-/m1/s1. The number of hydrogen-bond donors (Lipinski definition) is 0. The summed E-state index contributed by atoms with van der Waals surface area (Å²) in [5, 5.41) is 9.23. The summed E-state index contributed by atoms with van der Waals surface area (Å²) >= 11 is 0. The average Bonchev–Trinajstić information content (AvgIpc) is 3.06. The highest BCUT2D eigenvalue weighted by atomic mass is 16.5. The Morgan fingerprint density at radius 3 is 2.70 bits per heavy atom. The number of oxazole rings is 1. The number of nitrogens with zero attached hydrogens (tertiary/aromatic N) is 3. The molecule has 0 aliphatic carbocycles. The molecular weight excluding hydrogens is 258 g/mol. The van der Waals surface area contributed by atoms with Crippen LogP contribution in [-0.4, -0.2) is 30.3 Å². The number of furan rings is 1. The van der Waals surface area contributed by atoms with Gasteiger partial charge in [0, 0.05) is 13.1 Å². The van der Waals surface area contributed by atoms with Gasteiger partial charge in [0.1, 0.15) is 6.07 Å². The van der Waals surface area contributed by atoms with Crippen LogP contribution in [0.1, 0.15) is 19.5 Å². The molecule has 0 amide bonds. The van der Waals surface area contributed by atoms with Gasteiger partial charge in [-0.05, 0) is 26.0 Å². The summed E-state index contributed by atoms with van der Waals surface area (Å²) in [6, 6.07) is 5.58. The van der Waals surface area contributed by atoms with Crippen molar-refractivity contribution in [1.29, 1.82) is 5.26 Å². The minimum absolute atomic E-state index is 0.0856. The lowest BCUT2D eigenvalue weighted by Gasteiger charge is -2.34. The molecule has 6 heteroatoms. The van der Waals surface area contributed by atoms with E-state index < -0.39 is 0 Å². The first-order valence-corrected chi connectivity index (χ1v) is 6.52. The van der Waals surface area contributed by atoms with Crippen molar-refractivity contribution >= 4 is 5.88 Å². The molecule has 2 aromatic rings. The molecule has 0 aromatic carbocycles. The molecule has 0 unspecified atom stereocenters. The number of nitriles is 1. The van der Waals surface area contributed by atoms with Crippen LogP contribution in [0.5, 0.6) is 0 Å². The first kappa shape index (κ1) is 12.8. The molecule has 0 bridgehead atoms. The third-order valence-corrected chi connectivity index (χ3v) is 3.15. The van der Waals surface area contributed by atoms with Gasteiger partial charge >= 0.3 is 0 Å². The number of anilines is 1. The molecule has 0 N–H and O–H groups in total. The zero-order chi connectivity index (χ0) is 14.1. The Morgan fingerprint density at radius 1 is 1.35 bits per heavy atom. The van der Waals surface area contributed by atoms with Gasteiger partial charge in [-0.3, -0.25) is 0 Å². The number of ether oxygens (including phenoxy) is 1. The first-order chi connectivity index (χ1) is 9.67. The third-order valence-electron chi connectivity index (χ3n) is 3.15. The molecule has 2 atom stereocenters. The van der Waals surface area contributed by atoms with E-state index in [2.05, 4.69) is 11.1 Å². The number of aromatic nitrogens is 1. The summed E-state index contributed by atoms with van der Waals surface area (Å²) in [4.78, 5) is 6.19.